The Labute approximate surface area is 139 Å². The number of rotatable bonds is 4. The number of hydrogen-bond acceptors (Lipinski definition) is 4. The molecule has 1 aromatic heterocycles. The fourth-order valence-electron chi connectivity index (χ4n) is 2.65. The molecule has 1 atom stereocenters. The standard InChI is InChI=1S/C17H19N3O2S/c1-11-19-15(10-23-11)13-5-2-4-12(8-13)9-18-17(22)14-6-3-7-16(21)20-14/h2,4-5,8,10,14H,3,6-7,9H2,1H3,(H,18,22)(H,20,21)/t14-/m1/s1. The largest absolute Gasteiger partial charge is 0.350 e. The number of nitrogens with one attached hydrogen (secondary N) is 2. The zero-order chi connectivity index (χ0) is 16.2. The van der Waals surface area contributed by atoms with Gasteiger partial charge in [-0.2, -0.15) is 0 Å². The van der Waals surface area contributed by atoms with Crippen LogP contribution >= 0.6 is 11.3 Å². The molecule has 1 fully saturated rings. The third kappa shape index (κ3) is 3.96. The van der Waals surface area contributed by atoms with E-state index in [1.54, 1.807) is 11.3 Å². The summed E-state index contributed by atoms with van der Waals surface area (Å²) in [5, 5.41) is 8.70. The zero-order valence-corrected chi connectivity index (χ0v) is 13.8. The highest BCUT2D eigenvalue weighted by molar-refractivity contribution is 7.09. The van der Waals surface area contributed by atoms with E-state index >= 15 is 0 Å². The molecule has 1 aliphatic rings. The topological polar surface area (TPSA) is 71.1 Å². The maximum atomic E-state index is 12.1. The first-order chi connectivity index (χ1) is 11.1. The third-order valence-corrected chi connectivity index (χ3v) is 4.63. The van der Waals surface area contributed by atoms with Gasteiger partial charge in [-0.05, 0) is 31.4 Å². The molecule has 1 saturated heterocycles. The van der Waals surface area contributed by atoms with E-state index < -0.39 is 6.04 Å². The van der Waals surface area contributed by atoms with Crippen LogP contribution in [0, 0.1) is 6.92 Å². The number of amides is 2. The fourth-order valence-corrected chi connectivity index (χ4v) is 3.27. The molecule has 2 N–H and O–H groups in total. The number of thiazole rings is 1. The Bertz CT molecular complexity index is 726. The molecular weight excluding hydrogens is 310 g/mol. The first-order valence-electron chi connectivity index (χ1n) is 7.70. The maximum Gasteiger partial charge on any atom is 0.242 e. The van der Waals surface area contributed by atoms with E-state index in [0.717, 1.165) is 28.2 Å². The van der Waals surface area contributed by atoms with Gasteiger partial charge in [0, 0.05) is 23.9 Å². The van der Waals surface area contributed by atoms with Crippen LogP contribution in [0.25, 0.3) is 11.3 Å². The minimum atomic E-state index is -0.402. The summed E-state index contributed by atoms with van der Waals surface area (Å²) in [7, 11) is 0. The summed E-state index contributed by atoms with van der Waals surface area (Å²) in [5.41, 5.74) is 3.02. The summed E-state index contributed by atoms with van der Waals surface area (Å²) in [6.07, 6.45) is 1.98. The lowest BCUT2D eigenvalue weighted by molar-refractivity contribution is -0.131. The highest BCUT2D eigenvalue weighted by atomic mass is 32.1. The minimum Gasteiger partial charge on any atom is -0.350 e. The van der Waals surface area contributed by atoms with E-state index in [9.17, 15) is 9.59 Å². The summed E-state index contributed by atoms with van der Waals surface area (Å²) in [4.78, 5) is 28.0. The van der Waals surface area contributed by atoms with Crippen molar-refractivity contribution in [2.45, 2.75) is 38.8 Å². The second-order valence-electron chi connectivity index (χ2n) is 5.68. The summed E-state index contributed by atoms with van der Waals surface area (Å²) in [5.74, 6) is -0.162. The molecule has 0 radical (unpaired) electrons. The van der Waals surface area contributed by atoms with Gasteiger partial charge in [0.15, 0.2) is 0 Å². The lowest BCUT2D eigenvalue weighted by Crippen LogP contribution is -2.48. The number of aromatic nitrogens is 1. The molecule has 120 valence electrons. The number of aryl methyl sites for hydroxylation is 1. The van der Waals surface area contributed by atoms with Crippen LogP contribution in [-0.4, -0.2) is 22.8 Å². The minimum absolute atomic E-state index is 0.0442. The summed E-state index contributed by atoms with van der Waals surface area (Å²) in [6, 6.07) is 7.59. The number of carbonyl (C=O) groups is 2. The average molecular weight is 329 g/mol. The molecule has 0 saturated carbocycles. The van der Waals surface area contributed by atoms with E-state index in [2.05, 4.69) is 15.6 Å². The molecule has 2 heterocycles. The highest BCUT2D eigenvalue weighted by Gasteiger charge is 2.24. The average Bonchev–Trinajstić information content (AvgIpc) is 2.99. The first kappa shape index (κ1) is 15.7. The molecule has 2 aromatic rings. The zero-order valence-electron chi connectivity index (χ0n) is 13.0. The van der Waals surface area contributed by atoms with Crippen molar-refractivity contribution in [1.82, 2.24) is 15.6 Å². The number of carbonyl (C=O) groups excluding carboxylic acids is 2. The fraction of sp³-hybridized carbons (Fsp3) is 0.353. The van der Waals surface area contributed by atoms with E-state index in [-0.39, 0.29) is 11.8 Å². The molecule has 0 unspecified atom stereocenters. The lowest BCUT2D eigenvalue weighted by Gasteiger charge is -2.22. The van der Waals surface area contributed by atoms with Crippen molar-refractivity contribution in [3.63, 3.8) is 0 Å². The molecular formula is C17H19N3O2S. The van der Waals surface area contributed by atoms with Gasteiger partial charge in [0.05, 0.1) is 10.7 Å². The number of hydrogen-bond donors (Lipinski definition) is 2. The second kappa shape index (κ2) is 6.91. The quantitative estimate of drug-likeness (QED) is 0.905. The first-order valence-corrected chi connectivity index (χ1v) is 8.58. The van der Waals surface area contributed by atoms with Gasteiger partial charge in [-0.1, -0.05) is 18.2 Å². The maximum absolute atomic E-state index is 12.1. The molecule has 2 amide bonds. The van der Waals surface area contributed by atoms with Gasteiger partial charge in [0.25, 0.3) is 0 Å². The van der Waals surface area contributed by atoms with E-state index in [1.807, 2.05) is 36.6 Å². The van der Waals surface area contributed by atoms with Crippen LogP contribution in [0.3, 0.4) is 0 Å². The van der Waals surface area contributed by atoms with Crippen molar-refractivity contribution in [1.29, 1.82) is 0 Å². The van der Waals surface area contributed by atoms with E-state index in [4.69, 9.17) is 0 Å². The van der Waals surface area contributed by atoms with Gasteiger partial charge >= 0.3 is 0 Å². The van der Waals surface area contributed by atoms with Gasteiger partial charge in [0.2, 0.25) is 11.8 Å². The predicted molar refractivity (Wildman–Crippen MR) is 89.9 cm³/mol. The van der Waals surface area contributed by atoms with Crippen LogP contribution in [0.1, 0.15) is 29.8 Å². The van der Waals surface area contributed by atoms with Crippen molar-refractivity contribution in [2.24, 2.45) is 0 Å². The number of benzene rings is 1. The molecule has 0 bridgehead atoms. The Hall–Kier alpha value is -2.21. The molecule has 0 spiro atoms. The van der Waals surface area contributed by atoms with Crippen molar-refractivity contribution >= 4 is 23.2 Å². The predicted octanol–water partition coefficient (Wildman–Crippen LogP) is 2.40. The van der Waals surface area contributed by atoms with Crippen LogP contribution in [0.5, 0.6) is 0 Å². The molecule has 3 rings (SSSR count). The van der Waals surface area contributed by atoms with Gasteiger partial charge in [-0.15, -0.1) is 11.3 Å². The SMILES string of the molecule is Cc1nc(-c2cccc(CNC(=O)[C@H]3CCCC(=O)N3)c2)cs1. The van der Waals surface area contributed by atoms with Gasteiger partial charge in [0.1, 0.15) is 6.04 Å². The Morgan fingerprint density at radius 1 is 1.48 bits per heavy atom. The Balaban J connectivity index is 1.62. The number of piperidine rings is 1. The smallest absolute Gasteiger partial charge is 0.242 e. The van der Waals surface area contributed by atoms with Crippen molar-refractivity contribution in [3.05, 3.63) is 40.2 Å². The number of nitrogens with zero attached hydrogens (tertiary/aromatic N) is 1. The van der Waals surface area contributed by atoms with Gasteiger partial charge in [-0.3, -0.25) is 9.59 Å². The van der Waals surface area contributed by atoms with Crippen molar-refractivity contribution in [2.75, 3.05) is 0 Å². The molecule has 1 aromatic carbocycles. The third-order valence-electron chi connectivity index (χ3n) is 3.86. The molecule has 23 heavy (non-hydrogen) atoms. The summed E-state index contributed by atoms with van der Waals surface area (Å²) in [6.45, 7) is 2.43. The molecule has 1 aliphatic heterocycles. The van der Waals surface area contributed by atoms with Crippen molar-refractivity contribution in [3.8, 4) is 11.3 Å². The summed E-state index contributed by atoms with van der Waals surface area (Å²) >= 11 is 1.62. The second-order valence-corrected chi connectivity index (χ2v) is 6.74. The van der Waals surface area contributed by atoms with Gasteiger partial charge in [-0.25, -0.2) is 4.98 Å². The highest BCUT2D eigenvalue weighted by Crippen LogP contribution is 2.22. The van der Waals surface area contributed by atoms with Gasteiger partial charge < -0.3 is 10.6 Å². The molecule has 6 heteroatoms. The van der Waals surface area contributed by atoms with E-state index in [0.29, 0.717) is 19.4 Å². The summed E-state index contributed by atoms with van der Waals surface area (Å²) < 4.78 is 0. The Kier molecular flexibility index (Phi) is 4.71. The van der Waals surface area contributed by atoms with E-state index in [1.165, 1.54) is 0 Å². The normalized spacial score (nSPS) is 17.6. The molecule has 5 nitrogen and oxygen atoms in total. The van der Waals surface area contributed by atoms with Crippen LogP contribution in [0.4, 0.5) is 0 Å². The molecule has 0 aliphatic carbocycles. The van der Waals surface area contributed by atoms with Crippen molar-refractivity contribution < 1.29 is 9.59 Å². The van der Waals surface area contributed by atoms with Crippen LogP contribution < -0.4 is 10.6 Å². The van der Waals surface area contributed by atoms with Crippen LogP contribution in [0.15, 0.2) is 29.6 Å². The Morgan fingerprint density at radius 3 is 3.09 bits per heavy atom. The van der Waals surface area contributed by atoms with Crippen LogP contribution in [0.2, 0.25) is 0 Å². The lowest BCUT2D eigenvalue weighted by atomic mass is 10.0. The van der Waals surface area contributed by atoms with Crippen LogP contribution in [-0.2, 0) is 16.1 Å². The monoisotopic (exact) mass is 329 g/mol. The Morgan fingerprint density at radius 2 is 2.35 bits per heavy atom.